The van der Waals surface area contributed by atoms with Crippen molar-refractivity contribution in [1.29, 1.82) is 0 Å². The molecule has 0 aromatic carbocycles. The quantitative estimate of drug-likeness (QED) is 0.652. The van der Waals surface area contributed by atoms with Crippen LogP contribution in [0.5, 0.6) is 0 Å². The SMILES string of the molecule is O=C(O)C1C2CCCCCCC21. The van der Waals surface area contributed by atoms with Gasteiger partial charge in [0.2, 0.25) is 0 Å². The van der Waals surface area contributed by atoms with Gasteiger partial charge >= 0.3 is 5.97 Å². The fraction of sp³-hybridized carbons (Fsp3) is 0.900. The molecule has 0 radical (unpaired) electrons. The van der Waals surface area contributed by atoms with Gasteiger partial charge < -0.3 is 5.11 Å². The zero-order valence-corrected chi connectivity index (χ0v) is 7.33. The Bertz CT molecular complexity index is 174. The first-order chi connectivity index (χ1) is 5.80. The van der Waals surface area contributed by atoms with Crippen LogP contribution in [0.3, 0.4) is 0 Å². The number of rotatable bonds is 1. The molecule has 2 nitrogen and oxygen atoms in total. The zero-order valence-electron chi connectivity index (χ0n) is 7.33. The van der Waals surface area contributed by atoms with E-state index in [1.54, 1.807) is 0 Å². The molecule has 1 N–H and O–H groups in total. The fourth-order valence-corrected chi connectivity index (χ4v) is 2.71. The van der Waals surface area contributed by atoms with E-state index >= 15 is 0 Å². The molecule has 2 aliphatic rings. The van der Waals surface area contributed by atoms with Crippen LogP contribution in [0, 0.1) is 17.8 Å². The van der Waals surface area contributed by atoms with Crippen LogP contribution in [0.2, 0.25) is 0 Å². The highest BCUT2D eigenvalue weighted by Gasteiger charge is 2.53. The monoisotopic (exact) mass is 168 g/mol. The van der Waals surface area contributed by atoms with Crippen molar-refractivity contribution in [1.82, 2.24) is 0 Å². The second-order valence-electron chi connectivity index (χ2n) is 4.18. The first-order valence-corrected chi connectivity index (χ1v) is 5.03. The number of hydrogen-bond acceptors (Lipinski definition) is 1. The van der Waals surface area contributed by atoms with Gasteiger partial charge in [0.15, 0.2) is 0 Å². The smallest absolute Gasteiger partial charge is 0.307 e. The number of fused-ring (bicyclic) bond motifs is 1. The predicted octanol–water partition coefficient (Wildman–Crippen LogP) is 2.29. The average molecular weight is 168 g/mol. The second kappa shape index (κ2) is 3.08. The number of hydrogen-bond donors (Lipinski definition) is 1. The maximum Gasteiger partial charge on any atom is 0.307 e. The molecule has 0 saturated heterocycles. The number of carboxylic acids is 1. The van der Waals surface area contributed by atoms with Crippen LogP contribution in [0.4, 0.5) is 0 Å². The third kappa shape index (κ3) is 1.35. The second-order valence-corrected chi connectivity index (χ2v) is 4.18. The molecule has 0 aromatic rings. The Labute approximate surface area is 73.0 Å². The lowest BCUT2D eigenvalue weighted by Crippen LogP contribution is -2.00. The summed E-state index contributed by atoms with van der Waals surface area (Å²) in [5, 5.41) is 8.87. The maximum atomic E-state index is 10.8. The highest BCUT2D eigenvalue weighted by Crippen LogP contribution is 2.53. The van der Waals surface area contributed by atoms with Gasteiger partial charge in [-0.3, -0.25) is 4.79 Å². The molecule has 0 heterocycles. The van der Waals surface area contributed by atoms with Crippen LogP contribution >= 0.6 is 0 Å². The molecular weight excluding hydrogens is 152 g/mol. The summed E-state index contributed by atoms with van der Waals surface area (Å²) in [6.45, 7) is 0. The molecule has 2 fully saturated rings. The summed E-state index contributed by atoms with van der Waals surface area (Å²) in [5.41, 5.74) is 0. The summed E-state index contributed by atoms with van der Waals surface area (Å²) in [4.78, 5) is 10.8. The molecule has 2 aliphatic carbocycles. The van der Waals surface area contributed by atoms with Crippen LogP contribution in [-0.4, -0.2) is 11.1 Å². The lowest BCUT2D eigenvalue weighted by atomic mass is 10.0. The standard InChI is InChI=1S/C10H16O2/c11-10(12)9-7-5-3-1-2-4-6-8(7)9/h7-9H,1-6H2,(H,11,12). The van der Waals surface area contributed by atoms with E-state index in [1.807, 2.05) is 0 Å². The Morgan fingerprint density at radius 1 is 1.00 bits per heavy atom. The minimum atomic E-state index is -0.549. The van der Waals surface area contributed by atoms with Crippen LogP contribution in [0.1, 0.15) is 38.5 Å². The van der Waals surface area contributed by atoms with Gasteiger partial charge in [0.25, 0.3) is 0 Å². The molecule has 0 aliphatic heterocycles. The van der Waals surface area contributed by atoms with Crippen LogP contribution < -0.4 is 0 Å². The largest absolute Gasteiger partial charge is 0.481 e. The van der Waals surface area contributed by atoms with Crippen molar-refractivity contribution in [3.05, 3.63) is 0 Å². The van der Waals surface area contributed by atoms with Crippen LogP contribution in [-0.2, 0) is 4.79 Å². The van der Waals surface area contributed by atoms with Crippen molar-refractivity contribution in [2.24, 2.45) is 17.8 Å². The van der Waals surface area contributed by atoms with Crippen molar-refractivity contribution in [2.45, 2.75) is 38.5 Å². The summed E-state index contributed by atoms with van der Waals surface area (Å²) < 4.78 is 0. The Hall–Kier alpha value is -0.530. The lowest BCUT2D eigenvalue weighted by Gasteiger charge is -2.04. The van der Waals surface area contributed by atoms with Gasteiger partial charge in [0, 0.05) is 0 Å². The van der Waals surface area contributed by atoms with Gasteiger partial charge in [-0.05, 0) is 24.7 Å². The highest BCUT2D eigenvalue weighted by molar-refractivity contribution is 5.74. The van der Waals surface area contributed by atoms with E-state index in [1.165, 1.54) is 38.5 Å². The molecule has 2 atom stereocenters. The minimum absolute atomic E-state index is 0.0306. The molecular formula is C10H16O2. The Balaban J connectivity index is 1.93. The van der Waals surface area contributed by atoms with Crippen LogP contribution in [0.15, 0.2) is 0 Å². The molecule has 68 valence electrons. The fourth-order valence-electron chi connectivity index (χ4n) is 2.71. The van der Waals surface area contributed by atoms with E-state index in [0.717, 1.165) is 0 Å². The van der Waals surface area contributed by atoms with Gasteiger partial charge in [-0.1, -0.05) is 25.7 Å². The number of aliphatic carboxylic acids is 1. The minimum Gasteiger partial charge on any atom is -0.481 e. The van der Waals surface area contributed by atoms with Gasteiger partial charge in [-0.2, -0.15) is 0 Å². The molecule has 0 aromatic heterocycles. The molecule has 2 saturated carbocycles. The summed E-state index contributed by atoms with van der Waals surface area (Å²) in [5.74, 6) is 0.570. The van der Waals surface area contributed by atoms with Gasteiger partial charge in [0.05, 0.1) is 5.92 Å². The number of carboxylic acid groups (broad SMARTS) is 1. The molecule has 0 spiro atoms. The average Bonchev–Trinajstić information content (AvgIpc) is 2.60. The molecule has 0 amide bonds. The van der Waals surface area contributed by atoms with E-state index in [-0.39, 0.29) is 5.92 Å². The summed E-state index contributed by atoms with van der Waals surface area (Å²) in [6, 6.07) is 0. The van der Waals surface area contributed by atoms with Crippen molar-refractivity contribution < 1.29 is 9.90 Å². The highest BCUT2D eigenvalue weighted by atomic mass is 16.4. The maximum absolute atomic E-state index is 10.8. The van der Waals surface area contributed by atoms with Crippen molar-refractivity contribution in [2.75, 3.05) is 0 Å². The first kappa shape index (κ1) is 8.09. The van der Waals surface area contributed by atoms with Crippen LogP contribution in [0.25, 0.3) is 0 Å². The Kier molecular flexibility index (Phi) is 2.07. The third-order valence-corrected chi connectivity index (χ3v) is 3.44. The van der Waals surface area contributed by atoms with Crippen molar-refractivity contribution >= 4 is 5.97 Å². The predicted molar refractivity (Wildman–Crippen MR) is 45.8 cm³/mol. The van der Waals surface area contributed by atoms with E-state index in [0.29, 0.717) is 11.8 Å². The van der Waals surface area contributed by atoms with Gasteiger partial charge in [0.1, 0.15) is 0 Å². The van der Waals surface area contributed by atoms with Gasteiger partial charge in [-0.25, -0.2) is 0 Å². The molecule has 2 heteroatoms. The normalized spacial score (nSPS) is 40.8. The summed E-state index contributed by atoms with van der Waals surface area (Å²) in [7, 11) is 0. The van der Waals surface area contributed by atoms with Crippen molar-refractivity contribution in [3.63, 3.8) is 0 Å². The third-order valence-electron chi connectivity index (χ3n) is 3.44. The summed E-state index contributed by atoms with van der Waals surface area (Å²) in [6.07, 6.45) is 7.48. The molecule has 0 bridgehead atoms. The van der Waals surface area contributed by atoms with E-state index < -0.39 is 5.97 Å². The van der Waals surface area contributed by atoms with E-state index in [9.17, 15) is 4.79 Å². The zero-order chi connectivity index (χ0) is 8.55. The Morgan fingerprint density at radius 3 is 1.92 bits per heavy atom. The van der Waals surface area contributed by atoms with Crippen molar-refractivity contribution in [3.8, 4) is 0 Å². The molecule has 12 heavy (non-hydrogen) atoms. The Morgan fingerprint density at radius 2 is 1.50 bits per heavy atom. The first-order valence-electron chi connectivity index (χ1n) is 5.03. The van der Waals surface area contributed by atoms with E-state index in [2.05, 4.69) is 0 Å². The topological polar surface area (TPSA) is 37.3 Å². The van der Waals surface area contributed by atoms with E-state index in [4.69, 9.17) is 5.11 Å². The molecule has 2 rings (SSSR count). The molecule has 2 unspecified atom stereocenters. The van der Waals surface area contributed by atoms with Gasteiger partial charge in [-0.15, -0.1) is 0 Å². The summed E-state index contributed by atoms with van der Waals surface area (Å²) >= 11 is 0. The number of carbonyl (C=O) groups is 1. The lowest BCUT2D eigenvalue weighted by molar-refractivity contribution is -0.139.